The van der Waals surface area contributed by atoms with E-state index in [1.54, 1.807) is 6.20 Å². The van der Waals surface area contributed by atoms with Gasteiger partial charge in [0.15, 0.2) is 11.5 Å². The summed E-state index contributed by atoms with van der Waals surface area (Å²) in [6, 6.07) is 3.96. The molecule has 2 rings (SSSR count). The van der Waals surface area contributed by atoms with E-state index in [2.05, 4.69) is 4.98 Å². The molecule has 30 heavy (non-hydrogen) atoms. The topological polar surface area (TPSA) is 93.6 Å². The van der Waals surface area contributed by atoms with Gasteiger partial charge in [-0.2, -0.15) is 0 Å². The van der Waals surface area contributed by atoms with Crippen LogP contribution < -0.4 is 0 Å². The number of carbonyl (C=O) groups excluding carboxylic acids is 2. The number of pyridine rings is 1. The highest BCUT2D eigenvalue weighted by Gasteiger charge is 2.30. The highest BCUT2D eigenvalue weighted by Crippen LogP contribution is 2.27. The number of aryl methyl sites for hydroxylation is 1. The van der Waals surface area contributed by atoms with E-state index in [-0.39, 0.29) is 52.0 Å². The van der Waals surface area contributed by atoms with Gasteiger partial charge in [0.25, 0.3) is 0 Å². The Morgan fingerprint density at radius 1 is 1.10 bits per heavy atom. The number of ether oxygens (including phenoxy) is 1. The zero-order valence-electron chi connectivity index (χ0n) is 17.6. The van der Waals surface area contributed by atoms with Gasteiger partial charge in [-0.05, 0) is 57.2 Å². The normalized spacial score (nSPS) is 14.7. The SMILES string of the molecule is COC1=C(C)C(=O)C(/C=C(\CCCCCCc2cccnc2)C(=O)O)=C(C)C1=O.Cl. The first-order chi connectivity index (χ1) is 13.9. The fraction of sp³-hybridized carbons (Fsp3) is 0.391. The molecule has 0 aliphatic heterocycles. The molecule has 0 aromatic carbocycles. The van der Waals surface area contributed by atoms with Crippen molar-refractivity contribution in [3.05, 3.63) is 64.2 Å². The molecule has 1 aromatic heterocycles. The summed E-state index contributed by atoms with van der Waals surface area (Å²) in [6.07, 6.45) is 9.85. The van der Waals surface area contributed by atoms with Gasteiger partial charge < -0.3 is 9.84 Å². The minimum Gasteiger partial charge on any atom is -0.492 e. The summed E-state index contributed by atoms with van der Waals surface area (Å²) in [6.45, 7) is 3.04. The third kappa shape index (κ3) is 6.39. The number of hydrogen-bond donors (Lipinski definition) is 1. The van der Waals surface area contributed by atoms with Crippen LogP contribution in [0, 0.1) is 0 Å². The lowest BCUT2D eigenvalue weighted by Gasteiger charge is -2.18. The summed E-state index contributed by atoms with van der Waals surface area (Å²) in [5.74, 6) is -1.79. The zero-order valence-corrected chi connectivity index (χ0v) is 18.4. The molecule has 0 amide bonds. The molecule has 162 valence electrons. The molecule has 6 nitrogen and oxygen atoms in total. The average molecular weight is 434 g/mol. The van der Waals surface area contributed by atoms with Crippen LogP contribution in [0.5, 0.6) is 0 Å². The average Bonchev–Trinajstić information content (AvgIpc) is 2.71. The van der Waals surface area contributed by atoms with Crippen molar-refractivity contribution >= 4 is 29.9 Å². The number of Topliss-reactive ketones (excluding diaryl/α,β-unsaturated/α-hetero) is 2. The maximum Gasteiger partial charge on any atom is 0.331 e. The lowest BCUT2D eigenvalue weighted by Crippen LogP contribution is -2.22. The maximum absolute atomic E-state index is 12.6. The first-order valence-corrected chi connectivity index (χ1v) is 9.74. The van der Waals surface area contributed by atoms with Gasteiger partial charge in [-0.3, -0.25) is 14.6 Å². The summed E-state index contributed by atoms with van der Waals surface area (Å²) in [7, 11) is 1.34. The first-order valence-electron chi connectivity index (χ1n) is 9.74. The molecule has 0 atom stereocenters. The smallest absolute Gasteiger partial charge is 0.331 e. The van der Waals surface area contributed by atoms with Crippen molar-refractivity contribution in [2.45, 2.75) is 52.4 Å². The van der Waals surface area contributed by atoms with Crippen LogP contribution in [0.4, 0.5) is 0 Å². The van der Waals surface area contributed by atoms with Crippen molar-refractivity contribution in [2.24, 2.45) is 0 Å². The summed E-state index contributed by atoms with van der Waals surface area (Å²) in [5, 5.41) is 9.53. The monoisotopic (exact) mass is 433 g/mol. The Labute approximate surface area is 183 Å². The van der Waals surface area contributed by atoms with Crippen molar-refractivity contribution in [1.29, 1.82) is 0 Å². The summed E-state index contributed by atoms with van der Waals surface area (Å²) in [4.78, 5) is 40.7. The number of carboxylic acid groups (broad SMARTS) is 1. The molecule has 0 fully saturated rings. The number of carbonyl (C=O) groups is 3. The highest BCUT2D eigenvalue weighted by atomic mass is 35.5. The number of unbranched alkanes of at least 4 members (excludes halogenated alkanes) is 3. The van der Waals surface area contributed by atoms with Gasteiger partial charge >= 0.3 is 5.97 Å². The van der Waals surface area contributed by atoms with E-state index in [0.717, 1.165) is 25.7 Å². The molecule has 1 aliphatic carbocycles. The molecule has 0 saturated heterocycles. The van der Waals surface area contributed by atoms with Crippen LogP contribution in [0.1, 0.15) is 51.5 Å². The van der Waals surface area contributed by atoms with Crippen molar-refractivity contribution in [1.82, 2.24) is 4.98 Å². The van der Waals surface area contributed by atoms with E-state index in [1.165, 1.54) is 32.6 Å². The number of carboxylic acids is 1. The van der Waals surface area contributed by atoms with E-state index < -0.39 is 5.97 Å². The largest absolute Gasteiger partial charge is 0.492 e. The van der Waals surface area contributed by atoms with Gasteiger partial charge in [0.2, 0.25) is 5.78 Å². The number of ketones is 2. The Bertz CT molecular complexity index is 884. The summed E-state index contributed by atoms with van der Waals surface area (Å²) < 4.78 is 5.03. The summed E-state index contributed by atoms with van der Waals surface area (Å²) >= 11 is 0. The highest BCUT2D eigenvalue weighted by molar-refractivity contribution is 6.25. The Kier molecular flexibility index (Phi) is 10.2. The van der Waals surface area contributed by atoms with Crippen molar-refractivity contribution in [2.75, 3.05) is 7.11 Å². The van der Waals surface area contributed by atoms with Gasteiger partial charge in [0.05, 0.1) is 7.11 Å². The number of methoxy groups -OCH3 is 1. The molecule has 0 saturated carbocycles. The molecule has 1 aliphatic rings. The Balaban J connectivity index is 0.00000450. The quantitative estimate of drug-likeness (QED) is 0.334. The van der Waals surface area contributed by atoms with Crippen LogP contribution in [0.2, 0.25) is 0 Å². The molecule has 1 heterocycles. The minimum atomic E-state index is -1.07. The second-order valence-electron chi connectivity index (χ2n) is 7.11. The van der Waals surface area contributed by atoms with Crippen molar-refractivity contribution in [3.63, 3.8) is 0 Å². The van der Waals surface area contributed by atoms with Crippen LogP contribution in [0.15, 0.2) is 58.7 Å². The number of aromatic nitrogens is 1. The van der Waals surface area contributed by atoms with E-state index >= 15 is 0 Å². The Morgan fingerprint density at radius 2 is 1.80 bits per heavy atom. The third-order valence-corrected chi connectivity index (χ3v) is 5.06. The summed E-state index contributed by atoms with van der Waals surface area (Å²) in [5.41, 5.74) is 1.89. The minimum absolute atomic E-state index is 0. The number of aliphatic carboxylic acids is 1. The van der Waals surface area contributed by atoms with Crippen LogP contribution in [-0.2, 0) is 25.5 Å². The third-order valence-electron chi connectivity index (χ3n) is 5.06. The predicted molar refractivity (Wildman–Crippen MR) is 116 cm³/mol. The van der Waals surface area contributed by atoms with Crippen LogP contribution >= 0.6 is 12.4 Å². The molecule has 1 N–H and O–H groups in total. The van der Waals surface area contributed by atoms with Crippen LogP contribution in [0.3, 0.4) is 0 Å². The van der Waals surface area contributed by atoms with E-state index in [0.29, 0.717) is 12.8 Å². The number of rotatable bonds is 10. The van der Waals surface area contributed by atoms with Crippen LogP contribution in [0.25, 0.3) is 0 Å². The van der Waals surface area contributed by atoms with Gasteiger partial charge in [-0.25, -0.2) is 4.79 Å². The standard InChI is InChI=1S/C23H27NO5.ClH/c1-15-19(20(25)16(2)22(29-3)21(15)26)13-18(23(27)28)11-7-5-4-6-9-17-10-8-12-24-14-17;/h8,10,12-14H,4-7,9,11H2,1-3H3,(H,27,28);1H/b18-13+;. The van der Waals surface area contributed by atoms with Gasteiger partial charge in [0, 0.05) is 34.7 Å². The molecule has 0 bridgehead atoms. The van der Waals surface area contributed by atoms with Crippen LogP contribution in [-0.4, -0.2) is 34.7 Å². The first kappa shape index (κ1) is 25.3. The number of allylic oxidation sites excluding steroid dienone is 4. The fourth-order valence-electron chi connectivity index (χ4n) is 3.32. The maximum atomic E-state index is 12.6. The molecular weight excluding hydrogens is 406 g/mol. The van der Waals surface area contributed by atoms with E-state index in [4.69, 9.17) is 4.74 Å². The predicted octanol–water partition coefficient (Wildman–Crippen LogP) is 4.40. The lowest BCUT2D eigenvalue weighted by molar-refractivity contribution is -0.132. The number of halogens is 1. The van der Waals surface area contributed by atoms with Gasteiger partial charge in [0.1, 0.15) is 0 Å². The second-order valence-corrected chi connectivity index (χ2v) is 7.11. The fourth-order valence-corrected chi connectivity index (χ4v) is 3.32. The molecule has 7 heteroatoms. The molecule has 0 spiro atoms. The van der Waals surface area contributed by atoms with E-state index in [9.17, 15) is 19.5 Å². The molecule has 0 radical (unpaired) electrons. The molecular formula is C23H28ClNO5. The number of hydrogen-bond acceptors (Lipinski definition) is 5. The Morgan fingerprint density at radius 3 is 2.40 bits per heavy atom. The van der Waals surface area contributed by atoms with Gasteiger partial charge in [-0.1, -0.05) is 18.9 Å². The van der Waals surface area contributed by atoms with Crippen molar-refractivity contribution < 1.29 is 24.2 Å². The zero-order chi connectivity index (χ0) is 21.4. The van der Waals surface area contributed by atoms with E-state index in [1.807, 2.05) is 18.3 Å². The molecule has 0 unspecified atom stereocenters. The number of nitrogens with zero attached hydrogens (tertiary/aromatic N) is 1. The van der Waals surface area contributed by atoms with Gasteiger partial charge in [-0.15, -0.1) is 12.4 Å². The lowest BCUT2D eigenvalue weighted by atomic mass is 9.88. The second kappa shape index (κ2) is 12.1. The molecule has 1 aromatic rings. The van der Waals surface area contributed by atoms with Crippen molar-refractivity contribution in [3.8, 4) is 0 Å². The Hall–Kier alpha value is -2.73.